The second-order valence-corrected chi connectivity index (χ2v) is 9.25. The molecule has 0 aliphatic carbocycles. The highest BCUT2D eigenvalue weighted by atomic mass is 19.3. The summed E-state index contributed by atoms with van der Waals surface area (Å²) in [6.07, 6.45) is 3.26. The average molecular weight is 605 g/mol. The molecule has 4 aromatic rings. The predicted octanol–water partition coefficient (Wildman–Crippen LogP) is 6.90. The van der Waals surface area contributed by atoms with Gasteiger partial charge in [0.25, 0.3) is 11.8 Å². The normalized spacial score (nSPS) is 11.8. The predicted molar refractivity (Wildman–Crippen MR) is 161 cm³/mol. The van der Waals surface area contributed by atoms with Crippen LogP contribution in [-0.2, 0) is 9.59 Å². The summed E-state index contributed by atoms with van der Waals surface area (Å²) in [7, 11) is 0. The van der Waals surface area contributed by atoms with Crippen LogP contribution >= 0.6 is 0 Å². The first kappa shape index (κ1) is 31.6. The molecule has 6 nitrogen and oxygen atoms in total. The van der Waals surface area contributed by atoms with E-state index in [0.29, 0.717) is 33.4 Å². The Hall–Kier alpha value is -5.38. The highest BCUT2D eigenvalue weighted by molar-refractivity contribution is 6.25. The number of carbonyl (C=O) groups is 2. The monoisotopic (exact) mass is 604 g/mol. The van der Waals surface area contributed by atoms with Gasteiger partial charge in [-0.2, -0.15) is 17.6 Å². The zero-order chi connectivity index (χ0) is 31.3. The Balaban J connectivity index is 1.43. The maximum absolute atomic E-state index is 13.2. The summed E-state index contributed by atoms with van der Waals surface area (Å²) in [4.78, 5) is 26.4. The van der Waals surface area contributed by atoms with Crippen molar-refractivity contribution in [2.75, 3.05) is 13.1 Å². The van der Waals surface area contributed by atoms with E-state index in [0.717, 1.165) is 0 Å². The summed E-state index contributed by atoms with van der Waals surface area (Å²) >= 11 is 0. The van der Waals surface area contributed by atoms with Crippen molar-refractivity contribution in [3.63, 3.8) is 0 Å². The van der Waals surface area contributed by atoms with Gasteiger partial charge in [-0.1, -0.05) is 84.9 Å². The molecule has 4 aromatic carbocycles. The number of hydrogen-bond donors (Lipinski definition) is 2. The lowest BCUT2D eigenvalue weighted by molar-refractivity contribution is -0.117. The van der Waals surface area contributed by atoms with Crippen LogP contribution in [0.1, 0.15) is 22.3 Å². The molecule has 0 radical (unpaired) electrons. The topological polar surface area (TPSA) is 76.7 Å². The minimum atomic E-state index is -2.94. The van der Waals surface area contributed by atoms with Gasteiger partial charge in [0, 0.05) is 24.2 Å². The molecule has 0 aliphatic rings. The highest BCUT2D eigenvalue weighted by Gasteiger charge is 2.15. The molecule has 0 heterocycles. The summed E-state index contributed by atoms with van der Waals surface area (Å²) in [6, 6.07) is 29.6. The van der Waals surface area contributed by atoms with Crippen LogP contribution in [0, 0.1) is 0 Å². The van der Waals surface area contributed by atoms with E-state index in [1.54, 1.807) is 84.9 Å². The van der Waals surface area contributed by atoms with Crippen molar-refractivity contribution in [2.45, 2.75) is 13.2 Å². The number of halogens is 4. The van der Waals surface area contributed by atoms with Crippen molar-refractivity contribution < 1.29 is 36.6 Å². The zero-order valence-electron chi connectivity index (χ0n) is 23.3. The third-order valence-electron chi connectivity index (χ3n) is 6.19. The molecule has 0 saturated heterocycles. The van der Waals surface area contributed by atoms with E-state index in [2.05, 4.69) is 20.1 Å². The van der Waals surface area contributed by atoms with E-state index < -0.39 is 25.0 Å². The fourth-order valence-electron chi connectivity index (χ4n) is 4.16. The van der Waals surface area contributed by atoms with Crippen molar-refractivity contribution in [3.8, 4) is 11.5 Å². The Morgan fingerprint density at radius 2 is 0.886 bits per heavy atom. The van der Waals surface area contributed by atoms with Crippen LogP contribution in [0.5, 0.6) is 11.5 Å². The van der Waals surface area contributed by atoms with Gasteiger partial charge >= 0.3 is 13.2 Å². The average Bonchev–Trinajstić information content (AvgIpc) is 3.02. The first-order valence-corrected chi connectivity index (χ1v) is 13.5. The number of alkyl halides is 4. The standard InChI is InChI=1S/C34H28F4N2O4/c35-33(36)43-27-15-11-23(12-16-27)21-29(25-7-3-1-4-8-25)31(41)39-19-20-40-32(42)30(26-9-5-2-6-10-26)22-24-13-17-28(18-14-24)44-34(37)38/h1-18,21-22,33-34H,19-20H2,(H,39,41)(H,40,42)/b29-21+,30-22+. The third kappa shape index (κ3) is 9.59. The molecule has 0 saturated carbocycles. The number of carbonyl (C=O) groups excluding carboxylic acids is 2. The SMILES string of the molecule is O=C(NCCNC(=O)/C(=C/c1ccc(OC(F)F)cc1)c1ccccc1)/C(=C/c1ccc(OC(F)F)cc1)c1ccccc1. The minimum Gasteiger partial charge on any atom is -0.435 e. The van der Waals surface area contributed by atoms with Crippen molar-refractivity contribution >= 4 is 35.1 Å². The molecule has 0 aliphatic heterocycles. The molecular weight excluding hydrogens is 576 g/mol. The highest BCUT2D eigenvalue weighted by Crippen LogP contribution is 2.23. The Labute approximate surface area is 251 Å². The Morgan fingerprint density at radius 1 is 0.545 bits per heavy atom. The van der Waals surface area contributed by atoms with Crippen LogP contribution in [0.15, 0.2) is 109 Å². The van der Waals surface area contributed by atoms with Gasteiger partial charge in [0.05, 0.1) is 0 Å². The van der Waals surface area contributed by atoms with E-state index in [4.69, 9.17) is 0 Å². The molecule has 4 rings (SSSR count). The van der Waals surface area contributed by atoms with Crippen LogP contribution < -0.4 is 20.1 Å². The van der Waals surface area contributed by atoms with Gasteiger partial charge in [0.1, 0.15) is 11.5 Å². The molecule has 0 aromatic heterocycles. The molecule has 226 valence electrons. The largest absolute Gasteiger partial charge is 0.435 e. The molecule has 44 heavy (non-hydrogen) atoms. The molecule has 10 heteroatoms. The molecule has 0 spiro atoms. The fraction of sp³-hybridized carbons (Fsp3) is 0.118. The fourth-order valence-corrected chi connectivity index (χ4v) is 4.16. The van der Waals surface area contributed by atoms with Crippen LogP contribution in [-0.4, -0.2) is 38.1 Å². The van der Waals surface area contributed by atoms with Gasteiger partial charge in [-0.15, -0.1) is 0 Å². The molecule has 0 bridgehead atoms. The maximum atomic E-state index is 13.2. The van der Waals surface area contributed by atoms with Gasteiger partial charge in [-0.05, 0) is 58.7 Å². The van der Waals surface area contributed by atoms with Gasteiger partial charge in [0.2, 0.25) is 0 Å². The number of nitrogens with one attached hydrogen (secondary N) is 2. The second kappa shape index (κ2) is 15.7. The second-order valence-electron chi connectivity index (χ2n) is 9.25. The lowest BCUT2D eigenvalue weighted by atomic mass is 10.0. The van der Waals surface area contributed by atoms with Crippen molar-refractivity contribution in [1.29, 1.82) is 0 Å². The van der Waals surface area contributed by atoms with Gasteiger partial charge in [-0.25, -0.2) is 0 Å². The Bertz CT molecular complexity index is 1450. The van der Waals surface area contributed by atoms with Crippen molar-refractivity contribution in [2.24, 2.45) is 0 Å². The summed E-state index contributed by atoms with van der Waals surface area (Å²) < 4.78 is 58.7. The summed E-state index contributed by atoms with van der Waals surface area (Å²) in [5, 5.41) is 5.61. The number of hydrogen-bond acceptors (Lipinski definition) is 4. The van der Waals surface area contributed by atoms with Crippen LogP contribution in [0.2, 0.25) is 0 Å². The van der Waals surface area contributed by atoms with Crippen LogP contribution in [0.4, 0.5) is 17.6 Å². The van der Waals surface area contributed by atoms with E-state index >= 15 is 0 Å². The molecular formula is C34H28F4N2O4. The van der Waals surface area contributed by atoms with Gasteiger partial charge in [-0.3, -0.25) is 9.59 Å². The van der Waals surface area contributed by atoms with E-state index in [1.807, 2.05) is 12.1 Å². The smallest absolute Gasteiger partial charge is 0.387 e. The summed E-state index contributed by atoms with van der Waals surface area (Å²) in [5.41, 5.74) is 3.15. The Morgan fingerprint density at radius 3 is 1.20 bits per heavy atom. The van der Waals surface area contributed by atoms with E-state index in [1.165, 1.54) is 24.3 Å². The molecule has 0 atom stereocenters. The number of rotatable bonds is 13. The van der Waals surface area contributed by atoms with E-state index in [-0.39, 0.29) is 24.6 Å². The van der Waals surface area contributed by atoms with Crippen LogP contribution in [0.3, 0.4) is 0 Å². The molecule has 2 amide bonds. The third-order valence-corrected chi connectivity index (χ3v) is 6.19. The first-order valence-electron chi connectivity index (χ1n) is 13.5. The van der Waals surface area contributed by atoms with Gasteiger partial charge < -0.3 is 20.1 Å². The molecule has 0 fully saturated rings. The number of ether oxygens (including phenoxy) is 2. The first-order chi connectivity index (χ1) is 21.3. The quantitative estimate of drug-likeness (QED) is 0.0754. The molecule has 2 N–H and O–H groups in total. The number of benzene rings is 4. The minimum absolute atomic E-state index is 0.000274. The lowest BCUT2D eigenvalue weighted by Gasteiger charge is -2.12. The summed E-state index contributed by atoms with van der Waals surface area (Å²) in [6.45, 7) is -5.66. The molecule has 0 unspecified atom stereocenters. The van der Waals surface area contributed by atoms with E-state index in [9.17, 15) is 27.2 Å². The van der Waals surface area contributed by atoms with Crippen molar-refractivity contribution in [1.82, 2.24) is 10.6 Å². The van der Waals surface area contributed by atoms with Crippen molar-refractivity contribution in [3.05, 3.63) is 131 Å². The number of amides is 2. The lowest BCUT2D eigenvalue weighted by Crippen LogP contribution is -2.35. The Kier molecular flexibility index (Phi) is 11.3. The van der Waals surface area contributed by atoms with Crippen LogP contribution in [0.25, 0.3) is 23.3 Å². The maximum Gasteiger partial charge on any atom is 0.387 e. The van der Waals surface area contributed by atoms with Gasteiger partial charge in [0.15, 0.2) is 0 Å². The summed E-state index contributed by atoms with van der Waals surface area (Å²) in [5.74, 6) is -0.799. The zero-order valence-corrected chi connectivity index (χ0v) is 23.3.